The smallest absolute Gasteiger partial charge is 0.412 e. The van der Waals surface area contributed by atoms with Gasteiger partial charge in [0.2, 0.25) is 0 Å². The second-order valence-corrected chi connectivity index (χ2v) is 7.99. The van der Waals surface area contributed by atoms with E-state index in [1.165, 1.54) is 32.1 Å². The van der Waals surface area contributed by atoms with E-state index in [1.807, 2.05) is 24.3 Å². The lowest BCUT2D eigenvalue weighted by Gasteiger charge is -2.30. The van der Waals surface area contributed by atoms with Gasteiger partial charge >= 0.3 is 6.09 Å². The summed E-state index contributed by atoms with van der Waals surface area (Å²) in [6, 6.07) is 7.52. The number of anilines is 1. The molecule has 1 aromatic rings. The summed E-state index contributed by atoms with van der Waals surface area (Å²) in [5.74, 6) is 0.681. The molecule has 2 rings (SSSR count). The monoisotopic (exact) mass is 420 g/mol. The van der Waals surface area contributed by atoms with Crippen molar-refractivity contribution in [2.45, 2.75) is 71.3 Å². The second-order valence-electron chi connectivity index (χ2n) is 7.99. The Balaban J connectivity index is 1.86. The van der Waals surface area contributed by atoms with Gasteiger partial charge in [0, 0.05) is 13.2 Å². The number of rotatable bonds is 14. The molecule has 0 saturated carbocycles. The average molecular weight is 421 g/mol. The predicted octanol–water partition coefficient (Wildman–Crippen LogP) is 5.48. The molecule has 6 heteroatoms. The number of carbonyl (C=O) groups excluding carboxylic acids is 1. The molecule has 1 aliphatic rings. The molecular formula is C24H40N2O4. The van der Waals surface area contributed by atoms with E-state index in [0.29, 0.717) is 37.8 Å². The van der Waals surface area contributed by atoms with Crippen LogP contribution in [0.4, 0.5) is 10.5 Å². The van der Waals surface area contributed by atoms with Gasteiger partial charge in [0.1, 0.15) is 11.9 Å². The van der Waals surface area contributed by atoms with E-state index >= 15 is 0 Å². The van der Waals surface area contributed by atoms with E-state index in [0.717, 1.165) is 32.4 Å². The minimum atomic E-state index is -0.459. The maximum atomic E-state index is 12.6. The molecule has 1 atom stereocenters. The number of amides is 1. The summed E-state index contributed by atoms with van der Waals surface area (Å²) in [6.07, 6.45) is 8.49. The number of benzene rings is 1. The maximum absolute atomic E-state index is 12.6. The van der Waals surface area contributed by atoms with Gasteiger partial charge in [-0.05, 0) is 50.9 Å². The summed E-state index contributed by atoms with van der Waals surface area (Å²) in [5, 5.41) is 2.86. The first-order chi connectivity index (χ1) is 14.7. The third-order valence-electron chi connectivity index (χ3n) is 5.22. The van der Waals surface area contributed by atoms with Crippen LogP contribution in [0.1, 0.15) is 65.2 Å². The highest BCUT2D eigenvalue weighted by molar-refractivity contribution is 5.86. The quantitative estimate of drug-likeness (QED) is 0.404. The lowest BCUT2D eigenvalue weighted by Crippen LogP contribution is -2.41. The van der Waals surface area contributed by atoms with Crippen LogP contribution in [-0.2, 0) is 9.47 Å². The first-order valence-corrected chi connectivity index (χ1v) is 11.7. The summed E-state index contributed by atoms with van der Waals surface area (Å²) < 4.78 is 17.3. The minimum Gasteiger partial charge on any atom is -0.491 e. The van der Waals surface area contributed by atoms with Gasteiger partial charge in [-0.2, -0.15) is 0 Å². The van der Waals surface area contributed by atoms with Crippen LogP contribution in [0.2, 0.25) is 0 Å². The normalized spacial score (nSPS) is 15.5. The SMILES string of the molecule is CCCCCCOc1ccccc1NC(=O)OC(COCCC)CN1CCCCC1. The van der Waals surface area contributed by atoms with E-state index in [9.17, 15) is 4.79 Å². The number of nitrogens with zero attached hydrogens (tertiary/aromatic N) is 1. The molecule has 0 aliphatic carbocycles. The highest BCUT2D eigenvalue weighted by atomic mass is 16.6. The topological polar surface area (TPSA) is 60.0 Å². The number of unbranched alkanes of at least 4 members (excludes halogenated alkanes) is 3. The van der Waals surface area contributed by atoms with Crippen LogP contribution >= 0.6 is 0 Å². The zero-order chi connectivity index (χ0) is 21.4. The summed E-state index contributed by atoms with van der Waals surface area (Å²) in [5.41, 5.74) is 0.643. The first kappa shape index (κ1) is 24.5. The van der Waals surface area contributed by atoms with Crippen LogP contribution in [0.25, 0.3) is 0 Å². The van der Waals surface area contributed by atoms with Crippen molar-refractivity contribution in [3.05, 3.63) is 24.3 Å². The molecule has 30 heavy (non-hydrogen) atoms. The van der Waals surface area contributed by atoms with Gasteiger partial charge in [-0.1, -0.05) is 51.7 Å². The van der Waals surface area contributed by atoms with Crippen LogP contribution in [0.15, 0.2) is 24.3 Å². The number of hydrogen-bond donors (Lipinski definition) is 1. The minimum absolute atomic E-state index is 0.281. The number of piperidine rings is 1. The van der Waals surface area contributed by atoms with Crippen molar-refractivity contribution in [2.24, 2.45) is 0 Å². The predicted molar refractivity (Wildman–Crippen MR) is 121 cm³/mol. The lowest BCUT2D eigenvalue weighted by atomic mass is 10.1. The number of hydrogen-bond acceptors (Lipinski definition) is 5. The van der Waals surface area contributed by atoms with E-state index in [1.54, 1.807) is 0 Å². The second kappa shape index (κ2) is 15.1. The highest BCUT2D eigenvalue weighted by Crippen LogP contribution is 2.24. The van der Waals surface area contributed by atoms with E-state index < -0.39 is 6.09 Å². The molecule has 1 saturated heterocycles. The molecule has 170 valence electrons. The Morgan fingerprint density at radius 3 is 2.60 bits per heavy atom. The van der Waals surface area contributed by atoms with Crippen LogP contribution in [0, 0.1) is 0 Å². The van der Waals surface area contributed by atoms with Gasteiger partial charge in [0.15, 0.2) is 0 Å². The molecule has 6 nitrogen and oxygen atoms in total. The van der Waals surface area contributed by atoms with E-state index in [-0.39, 0.29) is 6.10 Å². The third-order valence-corrected chi connectivity index (χ3v) is 5.22. The lowest BCUT2D eigenvalue weighted by molar-refractivity contribution is 0.00487. The van der Waals surface area contributed by atoms with Crippen molar-refractivity contribution in [2.75, 3.05) is 44.8 Å². The molecule has 1 unspecified atom stereocenters. The molecule has 0 radical (unpaired) electrons. The van der Waals surface area contributed by atoms with Gasteiger partial charge < -0.3 is 14.2 Å². The fourth-order valence-corrected chi connectivity index (χ4v) is 3.61. The molecule has 1 amide bonds. The Morgan fingerprint density at radius 2 is 1.83 bits per heavy atom. The molecule has 1 fully saturated rings. The van der Waals surface area contributed by atoms with Gasteiger partial charge in [0.25, 0.3) is 0 Å². The number of ether oxygens (including phenoxy) is 3. The summed E-state index contributed by atoms with van der Waals surface area (Å²) >= 11 is 0. The summed E-state index contributed by atoms with van der Waals surface area (Å²) in [6.45, 7) is 8.85. The number of carbonyl (C=O) groups is 1. The van der Waals surface area contributed by atoms with Crippen molar-refractivity contribution in [3.8, 4) is 5.75 Å². The van der Waals surface area contributed by atoms with Gasteiger partial charge in [-0.3, -0.25) is 10.2 Å². The Hall–Kier alpha value is -1.79. The van der Waals surface area contributed by atoms with Crippen LogP contribution in [-0.4, -0.2) is 56.6 Å². The van der Waals surface area contributed by atoms with Crippen LogP contribution in [0.3, 0.4) is 0 Å². The van der Waals surface area contributed by atoms with Crippen molar-refractivity contribution in [3.63, 3.8) is 0 Å². The van der Waals surface area contributed by atoms with Gasteiger partial charge in [0.05, 0.1) is 18.9 Å². The maximum Gasteiger partial charge on any atom is 0.412 e. The zero-order valence-corrected chi connectivity index (χ0v) is 18.9. The molecule has 1 heterocycles. The molecule has 0 bridgehead atoms. The van der Waals surface area contributed by atoms with E-state index in [4.69, 9.17) is 14.2 Å². The standard InChI is InChI=1S/C24H40N2O4/c1-3-5-6-12-18-29-23-14-9-8-13-22(23)25-24(27)30-21(20-28-17-4-2)19-26-15-10-7-11-16-26/h8-9,13-14,21H,3-7,10-12,15-20H2,1-2H3,(H,25,27). The Labute approximate surface area is 182 Å². The molecule has 1 aliphatic heterocycles. The molecule has 1 aromatic carbocycles. The summed E-state index contributed by atoms with van der Waals surface area (Å²) in [7, 11) is 0. The molecule has 1 N–H and O–H groups in total. The van der Waals surface area contributed by atoms with Crippen LogP contribution in [0.5, 0.6) is 5.75 Å². The fraction of sp³-hybridized carbons (Fsp3) is 0.708. The van der Waals surface area contributed by atoms with Crippen LogP contribution < -0.4 is 10.1 Å². The Bertz CT molecular complexity index is 590. The largest absolute Gasteiger partial charge is 0.491 e. The van der Waals surface area contributed by atoms with E-state index in [2.05, 4.69) is 24.1 Å². The Morgan fingerprint density at radius 1 is 1.03 bits per heavy atom. The molecule has 0 spiro atoms. The zero-order valence-electron chi connectivity index (χ0n) is 18.9. The number of para-hydroxylation sites is 2. The van der Waals surface area contributed by atoms with Gasteiger partial charge in [-0.15, -0.1) is 0 Å². The van der Waals surface area contributed by atoms with Crippen molar-refractivity contribution in [1.29, 1.82) is 0 Å². The number of nitrogens with one attached hydrogen (secondary N) is 1. The fourth-order valence-electron chi connectivity index (χ4n) is 3.61. The third kappa shape index (κ3) is 9.81. The Kier molecular flexibility index (Phi) is 12.3. The molecule has 0 aromatic heterocycles. The van der Waals surface area contributed by atoms with Crippen molar-refractivity contribution >= 4 is 11.8 Å². The molecular weight excluding hydrogens is 380 g/mol. The van der Waals surface area contributed by atoms with Crippen molar-refractivity contribution in [1.82, 2.24) is 4.90 Å². The number of likely N-dealkylation sites (tertiary alicyclic amines) is 1. The first-order valence-electron chi connectivity index (χ1n) is 11.7. The van der Waals surface area contributed by atoms with Crippen molar-refractivity contribution < 1.29 is 19.0 Å². The average Bonchev–Trinajstić information content (AvgIpc) is 2.75. The highest BCUT2D eigenvalue weighted by Gasteiger charge is 2.21. The van der Waals surface area contributed by atoms with Gasteiger partial charge in [-0.25, -0.2) is 4.79 Å². The summed E-state index contributed by atoms with van der Waals surface area (Å²) in [4.78, 5) is 15.0.